The van der Waals surface area contributed by atoms with Gasteiger partial charge in [0.15, 0.2) is 13.0 Å². The number of rotatable bonds is 5. The first-order valence-electron chi connectivity index (χ1n) is 17.1. The van der Waals surface area contributed by atoms with Gasteiger partial charge in [0.05, 0.1) is 16.7 Å². The van der Waals surface area contributed by atoms with Crippen molar-refractivity contribution in [2.75, 3.05) is 0 Å². The summed E-state index contributed by atoms with van der Waals surface area (Å²) in [7, 11) is -3.10. The predicted octanol–water partition coefficient (Wildman–Crippen LogP) is 10.2. The van der Waals surface area contributed by atoms with E-state index in [1.807, 2.05) is 72.8 Å². The Bertz CT molecular complexity index is 2810. The number of hydrogen-bond donors (Lipinski definition) is 0. The van der Waals surface area contributed by atoms with Crippen LogP contribution in [0.2, 0.25) is 0 Å². The zero-order chi connectivity index (χ0) is 33.9. The molecule has 0 bridgehead atoms. The molecule has 5 heteroatoms. The molecule has 240 valence electrons. The minimum Gasteiger partial charge on any atom is -0.309 e. The number of aromatic nitrogens is 3. The maximum Gasteiger partial charge on any atom is 0.172 e. The van der Waals surface area contributed by atoms with Gasteiger partial charge in [0.2, 0.25) is 0 Å². The number of benzene rings is 7. The molecule has 0 aliphatic carbocycles. The summed E-state index contributed by atoms with van der Waals surface area (Å²) in [5.41, 5.74) is 9.18. The summed E-state index contributed by atoms with van der Waals surface area (Å²) in [5.74, 6) is 1.43. The number of nitrogens with zero attached hydrogens (tertiary/aromatic N) is 3. The summed E-state index contributed by atoms with van der Waals surface area (Å²) < 4.78 is 17.7. The molecule has 0 radical (unpaired) electrons. The van der Waals surface area contributed by atoms with Crippen LogP contribution in [0, 0.1) is 0 Å². The van der Waals surface area contributed by atoms with Crippen molar-refractivity contribution in [2.24, 2.45) is 0 Å². The van der Waals surface area contributed by atoms with Crippen LogP contribution in [0.5, 0.6) is 0 Å². The molecule has 1 aliphatic rings. The minimum atomic E-state index is -3.10. The van der Waals surface area contributed by atoms with E-state index in [4.69, 9.17) is 9.97 Å². The first-order chi connectivity index (χ1) is 25.2. The Kier molecular flexibility index (Phi) is 6.74. The molecule has 0 fully saturated rings. The van der Waals surface area contributed by atoms with Gasteiger partial charge in [-0.25, -0.2) is 9.97 Å². The Balaban J connectivity index is 1.23. The first-order valence-corrected chi connectivity index (χ1v) is 18.8. The standard InChI is InChI=1S/C46H30N3OP/c50-51(35-18-8-3-9-19-35)43-23-13-11-21-37(43)39-28-42-38(29-44(39)51)36-20-10-12-22-41(36)49(42)45-30-40(47-46(48-45)34-16-6-2-7-17-34)33-26-24-32(25-27-33)31-14-4-1-5-15-31/h1-30H. The highest BCUT2D eigenvalue weighted by Crippen LogP contribution is 2.53. The monoisotopic (exact) mass is 671 g/mol. The molecule has 0 amide bonds. The normalized spacial score (nSPS) is 14.8. The SMILES string of the molecule is O=P1(c2ccccc2)c2ccccc2-c2cc3c(cc21)c1ccccc1n3-c1cc(-c2ccc(-c3ccccc3)cc2)nc(-c2ccccc2)n1. The molecular formula is C46H30N3OP. The lowest BCUT2D eigenvalue weighted by Gasteiger charge is -2.16. The van der Waals surface area contributed by atoms with E-state index in [1.165, 1.54) is 5.56 Å². The molecule has 1 aliphatic heterocycles. The van der Waals surface area contributed by atoms with Gasteiger partial charge in [0.1, 0.15) is 5.82 Å². The maximum absolute atomic E-state index is 15.4. The fourth-order valence-corrected chi connectivity index (χ4v) is 10.7. The van der Waals surface area contributed by atoms with Gasteiger partial charge in [0, 0.05) is 43.9 Å². The molecule has 0 saturated heterocycles. The summed E-state index contributed by atoms with van der Waals surface area (Å²) in [6.45, 7) is 0. The van der Waals surface area contributed by atoms with Crippen molar-refractivity contribution in [3.05, 3.63) is 182 Å². The van der Waals surface area contributed by atoms with Gasteiger partial charge in [-0.3, -0.25) is 4.57 Å². The molecular weight excluding hydrogens is 642 g/mol. The minimum absolute atomic E-state index is 0.654. The molecule has 3 heterocycles. The first kappa shape index (κ1) is 29.6. The van der Waals surface area contributed by atoms with Crippen LogP contribution in [0.4, 0.5) is 0 Å². The Labute approximate surface area is 295 Å². The van der Waals surface area contributed by atoms with E-state index in [9.17, 15) is 0 Å². The lowest BCUT2D eigenvalue weighted by atomic mass is 10.0. The molecule has 2 aromatic heterocycles. The van der Waals surface area contributed by atoms with Crippen LogP contribution in [-0.2, 0) is 4.57 Å². The largest absolute Gasteiger partial charge is 0.309 e. The Morgan fingerprint density at radius 1 is 0.431 bits per heavy atom. The van der Waals surface area contributed by atoms with Crippen LogP contribution in [0.25, 0.3) is 72.5 Å². The van der Waals surface area contributed by atoms with Gasteiger partial charge in [0.25, 0.3) is 0 Å². The quantitative estimate of drug-likeness (QED) is 0.171. The summed E-state index contributed by atoms with van der Waals surface area (Å²) in [6.07, 6.45) is 0. The highest BCUT2D eigenvalue weighted by Gasteiger charge is 2.40. The van der Waals surface area contributed by atoms with Crippen molar-refractivity contribution in [3.8, 4) is 50.7 Å². The highest BCUT2D eigenvalue weighted by molar-refractivity contribution is 7.86. The molecule has 7 aromatic carbocycles. The summed E-state index contributed by atoms with van der Waals surface area (Å²) in [4.78, 5) is 10.4. The summed E-state index contributed by atoms with van der Waals surface area (Å²) >= 11 is 0. The van der Waals surface area contributed by atoms with E-state index in [1.54, 1.807) is 0 Å². The molecule has 1 atom stereocenters. The van der Waals surface area contributed by atoms with Crippen molar-refractivity contribution in [2.45, 2.75) is 0 Å². The van der Waals surface area contributed by atoms with Crippen molar-refractivity contribution in [3.63, 3.8) is 0 Å². The second-order valence-corrected chi connectivity index (χ2v) is 15.6. The number of fused-ring (bicyclic) bond motifs is 6. The molecule has 9 aromatic rings. The molecule has 0 N–H and O–H groups in total. The third kappa shape index (κ3) is 4.65. The Hall–Kier alpha value is -6.35. The molecule has 4 nitrogen and oxygen atoms in total. The fourth-order valence-electron chi connectivity index (χ4n) is 7.63. The summed E-state index contributed by atoms with van der Waals surface area (Å²) in [5, 5.41) is 4.76. The van der Waals surface area contributed by atoms with E-state index in [0.29, 0.717) is 5.82 Å². The smallest absolute Gasteiger partial charge is 0.172 e. The third-order valence-electron chi connectivity index (χ3n) is 10.0. The molecule has 10 rings (SSSR count). The zero-order valence-electron chi connectivity index (χ0n) is 27.5. The second-order valence-electron chi connectivity index (χ2n) is 12.9. The zero-order valence-corrected chi connectivity index (χ0v) is 28.4. The lowest BCUT2D eigenvalue weighted by Crippen LogP contribution is -2.20. The Morgan fingerprint density at radius 3 is 1.80 bits per heavy atom. The van der Waals surface area contributed by atoms with E-state index in [2.05, 4.69) is 114 Å². The fraction of sp³-hybridized carbons (Fsp3) is 0. The number of hydrogen-bond acceptors (Lipinski definition) is 3. The van der Waals surface area contributed by atoms with Crippen LogP contribution >= 0.6 is 7.14 Å². The van der Waals surface area contributed by atoms with Gasteiger partial charge in [-0.2, -0.15) is 0 Å². The van der Waals surface area contributed by atoms with Crippen LogP contribution in [-0.4, -0.2) is 14.5 Å². The van der Waals surface area contributed by atoms with Crippen molar-refractivity contribution in [1.29, 1.82) is 0 Å². The maximum atomic E-state index is 15.4. The van der Waals surface area contributed by atoms with E-state index < -0.39 is 7.14 Å². The third-order valence-corrected chi connectivity index (χ3v) is 13.2. The molecule has 1 unspecified atom stereocenters. The molecule has 0 saturated carbocycles. The Morgan fingerprint density at radius 2 is 1.04 bits per heavy atom. The summed E-state index contributed by atoms with van der Waals surface area (Å²) in [6, 6.07) is 62.2. The lowest BCUT2D eigenvalue weighted by molar-refractivity contribution is 0.593. The van der Waals surface area contributed by atoms with E-state index in [-0.39, 0.29) is 0 Å². The van der Waals surface area contributed by atoms with Gasteiger partial charge in [-0.05, 0) is 40.5 Å². The topological polar surface area (TPSA) is 47.8 Å². The van der Waals surface area contributed by atoms with Crippen LogP contribution in [0.15, 0.2) is 182 Å². The van der Waals surface area contributed by atoms with Gasteiger partial charge >= 0.3 is 0 Å². The van der Waals surface area contributed by atoms with Gasteiger partial charge in [-0.1, -0.05) is 158 Å². The van der Waals surface area contributed by atoms with Crippen molar-refractivity contribution in [1.82, 2.24) is 14.5 Å². The number of para-hydroxylation sites is 1. The van der Waals surface area contributed by atoms with Crippen LogP contribution in [0.3, 0.4) is 0 Å². The van der Waals surface area contributed by atoms with Crippen molar-refractivity contribution < 1.29 is 4.57 Å². The predicted molar refractivity (Wildman–Crippen MR) is 211 cm³/mol. The van der Waals surface area contributed by atoms with Gasteiger partial charge < -0.3 is 4.57 Å². The van der Waals surface area contributed by atoms with Crippen molar-refractivity contribution >= 4 is 44.9 Å². The van der Waals surface area contributed by atoms with Crippen LogP contribution < -0.4 is 15.9 Å². The average Bonchev–Trinajstić information content (AvgIpc) is 3.67. The molecule has 0 spiro atoms. The second kappa shape index (κ2) is 11.6. The van der Waals surface area contributed by atoms with Gasteiger partial charge in [-0.15, -0.1) is 0 Å². The van der Waals surface area contributed by atoms with E-state index >= 15 is 4.57 Å². The highest BCUT2D eigenvalue weighted by atomic mass is 31.2. The molecule has 51 heavy (non-hydrogen) atoms. The van der Waals surface area contributed by atoms with E-state index in [0.717, 1.165) is 77.0 Å². The van der Waals surface area contributed by atoms with Crippen LogP contribution in [0.1, 0.15) is 0 Å². The average molecular weight is 672 g/mol.